The summed E-state index contributed by atoms with van der Waals surface area (Å²) in [5.41, 5.74) is -0.544. The van der Waals surface area contributed by atoms with Gasteiger partial charge in [-0.3, -0.25) is 10.1 Å². The third kappa shape index (κ3) is 3.96. The van der Waals surface area contributed by atoms with E-state index in [0.717, 1.165) is 19.2 Å². The highest BCUT2D eigenvalue weighted by molar-refractivity contribution is 8.13. The van der Waals surface area contributed by atoms with E-state index in [1.807, 2.05) is 6.07 Å². The van der Waals surface area contributed by atoms with Crippen molar-refractivity contribution in [3.8, 4) is 17.6 Å². The van der Waals surface area contributed by atoms with Crippen molar-refractivity contribution in [2.45, 2.75) is 24.3 Å². The quantitative estimate of drug-likeness (QED) is 0.444. The SMILES string of the molecule is CCC(C#N)Oc1cc([N+](=O)[O-])cc(S(=O)(=O)Cl)c1OC. The minimum absolute atomic E-state index is 0.237. The Morgan fingerprint density at radius 2 is 2.14 bits per heavy atom. The highest BCUT2D eigenvalue weighted by atomic mass is 35.7. The topological polar surface area (TPSA) is 120 Å². The van der Waals surface area contributed by atoms with Crippen molar-refractivity contribution in [2.24, 2.45) is 0 Å². The average molecular weight is 335 g/mol. The number of nitrogens with zero attached hydrogens (tertiary/aromatic N) is 2. The fraction of sp³-hybridized carbons (Fsp3) is 0.364. The van der Waals surface area contributed by atoms with Gasteiger partial charge in [0.25, 0.3) is 14.7 Å². The lowest BCUT2D eigenvalue weighted by Gasteiger charge is -2.15. The Labute approximate surface area is 125 Å². The maximum Gasteiger partial charge on any atom is 0.274 e. The molecule has 0 aliphatic carbocycles. The second-order valence-corrected chi connectivity index (χ2v) is 6.35. The van der Waals surface area contributed by atoms with Crippen LogP contribution in [0.3, 0.4) is 0 Å². The minimum atomic E-state index is -4.29. The number of nitro groups is 1. The molecule has 8 nitrogen and oxygen atoms in total. The number of nitro benzene ring substituents is 1. The largest absolute Gasteiger partial charge is 0.492 e. The first-order valence-corrected chi connectivity index (χ1v) is 7.92. The normalized spacial score (nSPS) is 12.3. The third-order valence-electron chi connectivity index (χ3n) is 2.47. The zero-order valence-electron chi connectivity index (χ0n) is 11.1. The fourth-order valence-electron chi connectivity index (χ4n) is 1.49. The van der Waals surface area contributed by atoms with Gasteiger partial charge in [-0.2, -0.15) is 5.26 Å². The van der Waals surface area contributed by atoms with Gasteiger partial charge in [-0.05, 0) is 6.42 Å². The first-order chi connectivity index (χ1) is 9.74. The standard InChI is InChI=1S/C11H11ClN2O6S/c1-3-8(6-13)20-9-4-7(14(15)16)5-10(11(9)19-2)21(12,17)18/h4-5,8H,3H2,1-2H3. The monoisotopic (exact) mass is 334 g/mol. The summed E-state index contributed by atoms with van der Waals surface area (Å²) in [4.78, 5) is 9.47. The van der Waals surface area contributed by atoms with Crippen LogP contribution >= 0.6 is 10.7 Å². The molecule has 0 amide bonds. The number of rotatable bonds is 6. The van der Waals surface area contributed by atoms with Crippen LogP contribution < -0.4 is 9.47 Å². The first-order valence-electron chi connectivity index (χ1n) is 5.62. The number of hydrogen-bond donors (Lipinski definition) is 0. The van der Waals surface area contributed by atoms with Gasteiger partial charge in [0.1, 0.15) is 11.0 Å². The maximum absolute atomic E-state index is 11.5. The lowest BCUT2D eigenvalue weighted by atomic mass is 10.2. The molecule has 0 saturated heterocycles. The van der Waals surface area contributed by atoms with Crippen molar-refractivity contribution in [3.05, 3.63) is 22.2 Å². The van der Waals surface area contributed by atoms with E-state index in [9.17, 15) is 18.5 Å². The summed E-state index contributed by atoms with van der Waals surface area (Å²) >= 11 is 0. The highest BCUT2D eigenvalue weighted by Gasteiger charge is 2.27. The van der Waals surface area contributed by atoms with Gasteiger partial charge in [-0.15, -0.1) is 0 Å². The van der Waals surface area contributed by atoms with Gasteiger partial charge in [0.15, 0.2) is 17.6 Å². The van der Waals surface area contributed by atoms with Crippen molar-refractivity contribution >= 4 is 25.4 Å². The second kappa shape index (κ2) is 6.60. The Kier molecular flexibility index (Phi) is 5.34. The number of nitriles is 1. The molecule has 10 heteroatoms. The molecular formula is C11H11ClN2O6S. The molecule has 21 heavy (non-hydrogen) atoms. The number of methoxy groups -OCH3 is 1. The molecular weight excluding hydrogens is 324 g/mol. The van der Waals surface area contributed by atoms with Gasteiger partial charge >= 0.3 is 0 Å². The molecule has 0 bridgehead atoms. The van der Waals surface area contributed by atoms with Crippen LogP contribution in [0.25, 0.3) is 0 Å². The van der Waals surface area contributed by atoms with Gasteiger partial charge in [-0.1, -0.05) is 6.92 Å². The Morgan fingerprint density at radius 3 is 2.52 bits per heavy atom. The summed E-state index contributed by atoms with van der Waals surface area (Å²) < 4.78 is 33.2. The fourth-order valence-corrected chi connectivity index (χ4v) is 2.50. The van der Waals surface area contributed by atoms with Crippen molar-refractivity contribution in [1.82, 2.24) is 0 Å². The first kappa shape index (κ1) is 17.0. The Morgan fingerprint density at radius 1 is 1.52 bits per heavy atom. The van der Waals surface area contributed by atoms with E-state index in [4.69, 9.17) is 25.4 Å². The maximum atomic E-state index is 11.5. The smallest absolute Gasteiger partial charge is 0.274 e. The molecule has 0 saturated carbocycles. The van der Waals surface area contributed by atoms with Crippen LogP contribution in [0.1, 0.15) is 13.3 Å². The molecule has 1 atom stereocenters. The van der Waals surface area contributed by atoms with E-state index < -0.39 is 30.7 Å². The van der Waals surface area contributed by atoms with Crippen LogP contribution in [-0.4, -0.2) is 26.6 Å². The predicted molar refractivity (Wildman–Crippen MR) is 73.0 cm³/mol. The number of ether oxygens (including phenoxy) is 2. The van der Waals surface area contributed by atoms with Gasteiger partial charge in [0, 0.05) is 16.7 Å². The van der Waals surface area contributed by atoms with Crippen molar-refractivity contribution in [1.29, 1.82) is 5.26 Å². The van der Waals surface area contributed by atoms with Gasteiger partial charge < -0.3 is 9.47 Å². The average Bonchev–Trinajstić information content (AvgIpc) is 2.42. The Balaban J connectivity index is 3.57. The lowest BCUT2D eigenvalue weighted by Crippen LogP contribution is -2.14. The molecule has 0 fully saturated rings. The Hall–Kier alpha value is -2.05. The Bertz CT molecular complexity index is 697. The predicted octanol–water partition coefficient (Wildman–Crippen LogP) is 2.21. The molecule has 1 unspecified atom stereocenters. The molecule has 0 spiro atoms. The van der Waals surface area contributed by atoms with Crippen molar-refractivity contribution < 1.29 is 22.8 Å². The highest BCUT2D eigenvalue weighted by Crippen LogP contribution is 2.40. The summed E-state index contributed by atoms with van der Waals surface area (Å²) in [6.45, 7) is 1.66. The lowest BCUT2D eigenvalue weighted by molar-refractivity contribution is -0.385. The molecule has 0 aliphatic heterocycles. The molecule has 0 aromatic heterocycles. The van der Waals surface area contributed by atoms with Crippen LogP contribution in [0, 0.1) is 21.4 Å². The van der Waals surface area contributed by atoms with E-state index in [0.29, 0.717) is 6.42 Å². The van der Waals surface area contributed by atoms with Crippen LogP contribution in [0.2, 0.25) is 0 Å². The summed E-state index contributed by atoms with van der Waals surface area (Å²) in [6, 6.07) is 3.57. The van der Waals surface area contributed by atoms with E-state index in [1.165, 1.54) is 0 Å². The molecule has 0 N–H and O–H groups in total. The molecule has 0 heterocycles. The van der Waals surface area contributed by atoms with Gasteiger partial charge in [0.05, 0.1) is 18.1 Å². The van der Waals surface area contributed by atoms with E-state index in [-0.39, 0.29) is 11.5 Å². The summed E-state index contributed by atoms with van der Waals surface area (Å²) in [5, 5.41) is 19.7. The summed E-state index contributed by atoms with van der Waals surface area (Å²) in [5.74, 6) is -0.524. The molecule has 0 aliphatic rings. The van der Waals surface area contributed by atoms with Crippen LogP contribution in [-0.2, 0) is 9.05 Å². The van der Waals surface area contributed by atoms with Gasteiger partial charge in [0.2, 0.25) is 0 Å². The van der Waals surface area contributed by atoms with Crippen LogP contribution in [0.15, 0.2) is 17.0 Å². The third-order valence-corrected chi connectivity index (χ3v) is 3.79. The summed E-state index contributed by atoms with van der Waals surface area (Å²) in [6.07, 6.45) is -0.613. The zero-order chi connectivity index (χ0) is 16.2. The van der Waals surface area contributed by atoms with E-state index in [2.05, 4.69) is 0 Å². The molecule has 1 aromatic rings. The number of halogens is 1. The van der Waals surface area contributed by atoms with E-state index in [1.54, 1.807) is 6.92 Å². The molecule has 114 valence electrons. The van der Waals surface area contributed by atoms with Crippen LogP contribution in [0.4, 0.5) is 5.69 Å². The molecule has 1 rings (SSSR count). The number of hydrogen-bond acceptors (Lipinski definition) is 7. The second-order valence-electron chi connectivity index (χ2n) is 3.81. The zero-order valence-corrected chi connectivity index (χ0v) is 12.6. The summed E-state index contributed by atoms with van der Waals surface area (Å²) in [7, 11) is 2.11. The number of benzene rings is 1. The van der Waals surface area contributed by atoms with E-state index >= 15 is 0 Å². The number of non-ortho nitro benzene ring substituents is 1. The molecule has 1 aromatic carbocycles. The van der Waals surface area contributed by atoms with Crippen LogP contribution in [0.5, 0.6) is 11.5 Å². The minimum Gasteiger partial charge on any atom is -0.492 e. The van der Waals surface area contributed by atoms with Crippen molar-refractivity contribution in [2.75, 3.05) is 7.11 Å². The van der Waals surface area contributed by atoms with Gasteiger partial charge in [-0.25, -0.2) is 8.42 Å². The molecule has 0 radical (unpaired) electrons. The van der Waals surface area contributed by atoms with Crippen molar-refractivity contribution in [3.63, 3.8) is 0 Å².